The van der Waals surface area contributed by atoms with Crippen LogP contribution in [0.25, 0.3) is 0 Å². The maximum Gasteiger partial charge on any atom is 0.117 e. The van der Waals surface area contributed by atoms with Crippen LogP contribution in [-0.2, 0) is 0 Å². The summed E-state index contributed by atoms with van der Waals surface area (Å²) in [5.41, 5.74) is 15.6. The van der Waals surface area contributed by atoms with Gasteiger partial charge in [-0.05, 0) is 12.3 Å². The Hall–Kier alpha value is -1.45. The summed E-state index contributed by atoms with van der Waals surface area (Å²) in [5, 5.41) is 6.75. The molecule has 0 rings (SSSR count). The molecule has 0 unspecified atom stereocenters. The molecule has 0 radical (unpaired) electrons. The van der Waals surface area contributed by atoms with Crippen LogP contribution in [0, 0.1) is 5.41 Å². The molecule has 0 aromatic heterocycles. The molecule has 0 aliphatic carbocycles. The first kappa shape index (κ1) is 7.55. The second-order valence-electron chi connectivity index (χ2n) is 1.46. The molecule has 0 aromatic carbocycles. The second kappa shape index (κ2) is 3.54. The first-order valence-corrected chi connectivity index (χ1v) is 2.36. The Labute approximate surface area is 53.5 Å². The van der Waals surface area contributed by atoms with Crippen LogP contribution in [0.2, 0.25) is 0 Å². The smallest absolute Gasteiger partial charge is 0.117 e. The maximum absolute atomic E-state index is 6.75. The molecule has 50 valence electrons. The highest BCUT2D eigenvalue weighted by molar-refractivity contribution is 5.89. The van der Waals surface area contributed by atoms with Crippen molar-refractivity contribution >= 4 is 5.84 Å². The number of rotatable bonds is 2. The summed E-state index contributed by atoms with van der Waals surface area (Å²) in [5.74, 6) is -0.0781. The summed E-state index contributed by atoms with van der Waals surface area (Å²) < 4.78 is 0. The average molecular weight is 126 g/mol. The third kappa shape index (κ3) is 4.40. The van der Waals surface area contributed by atoms with Crippen molar-refractivity contribution in [2.75, 3.05) is 0 Å². The molecule has 7 N–H and O–H groups in total. The van der Waals surface area contributed by atoms with Crippen LogP contribution in [0.1, 0.15) is 0 Å². The van der Waals surface area contributed by atoms with E-state index in [2.05, 4.69) is 0 Å². The predicted octanol–water partition coefficient (Wildman–Crippen LogP) is -0.763. The minimum Gasteiger partial charge on any atom is -0.405 e. The van der Waals surface area contributed by atoms with Gasteiger partial charge in [-0.3, -0.25) is 5.41 Å². The molecule has 0 amide bonds. The molecular formula is C5H10N4. The van der Waals surface area contributed by atoms with Crippen molar-refractivity contribution in [3.63, 3.8) is 0 Å². The fraction of sp³-hybridized carbons (Fsp3) is 0. The molecule has 0 bridgehead atoms. The summed E-state index contributed by atoms with van der Waals surface area (Å²) in [6, 6.07) is 0. The van der Waals surface area contributed by atoms with Gasteiger partial charge in [0.15, 0.2) is 0 Å². The standard InChI is InChI=1S/C5H10N4/c6-2-1-4(7)3-5(8)9/h1-3H,6-7H2,(H3,8,9)/b2-1+,4-3-. The van der Waals surface area contributed by atoms with E-state index in [1.54, 1.807) is 0 Å². The van der Waals surface area contributed by atoms with Gasteiger partial charge < -0.3 is 17.2 Å². The first-order chi connectivity index (χ1) is 4.16. The minimum absolute atomic E-state index is 0.0781. The van der Waals surface area contributed by atoms with Crippen LogP contribution in [0.5, 0.6) is 0 Å². The van der Waals surface area contributed by atoms with Crippen LogP contribution >= 0.6 is 0 Å². The first-order valence-electron chi connectivity index (χ1n) is 2.36. The second-order valence-corrected chi connectivity index (χ2v) is 1.46. The van der Waals surface area contributed by atoms with Crippen LogP contribution in [0.15, 0.2) is 24.0 Å². The summed E-state index contributed by atoms with van der Waals surface area (Å²) in [6.45, 7) is 0. The Balaban J connectivity index is 4.00. The monoisotopic (exact) mass is 126 g/mol. The maximum atomic E-state index is 6.75. The van der Waals surface area contributed by atoms with Gasteiger partial charge in [-0.15, -0.1) is 0 Å². The van der Waals surface area contributed by atoms with Crippen molar-refractivity contribution < 1.29 is 0 Å². The summed E-state index contributed by atoms with van der Waals surface area (Å²) in [7, 11) is 0. The van der Waals surface area contributed by atoms with Gasteiger partial charge >= 0.3 is 0 Å². The zero-order valence-electron chi connectivity index (χ0n) is 4.96. The number of nitrogens with two attached hydrogens (primary N) is 3. The molecular weight excluding hydrogens is 116 g/mol. The largest absolute Gasteiger partial charge is 0.405 e. The highest BCUT2D eigenvalue weighted by atomic mass is 14.7. The number of nitrogens with one attached hydrogen (secondary N) is 1. The molecule has 0 aliphatic rings. The van der Waals surface area contributed by atoms with Gasteiger partial charge in [0.25, 0.3) is 0 Å². The topological polar surface area (TPSA) is 102 Å². The molecule has 4 nitrogen and oxygen atoms in total. The van der Waals surface area contributed by atoms with Gasteiger partial charge in [-0.25, -0.2) is 0 Å². The van der Waals surface area contributed by atoms with E-state index in [0.29, 0.717) is 5.70 Å². The lowest BCUT2D eigenvalue weighted by atomic mass is 10.4. The van der Waals surface area contributed by atoms with E-state index in [4.69, 9.17) is 22.6 Å². The molecule has 0 atom stereocenters. The lowest BCUT2D eigenvalue weighted by molar-refractivity contribution is 1.38. The van der Waals surface area contributed by atoms with E-state index in [1.807, 2.05) is 0 Å². The van der Waals surface area contributed by atoms with Crippen molar-refractivity contribution in [2.45, 2.75) is 0 Å². The Morgan fingerprint density at radius 3 is 2.22 bits per heavy atom. The van der Waals surface area contributed by atoms with Gasteiger partial charge in [0.1, 0.15) is 5.84 Å². The third-order valence-corrected chi connectivity index (χ3v) is 0.611. The Bertz CT molecular complexity index is 156. The Morgan fingerprint density at radius 1 is 1.33 bits per heavy atom. The van der Waals surface area contributed by atoms with Crippen molar-refractivity contribution in [2.24, 2.45) is 17.2 Å². The quantitative estimate of drug-likeness (QED) is 0.222. The SMILES string of the molecule is N=C(N)/C=C(N)/C=C/N. The highest BCUT2D eigenvalue weighted by Gasteiger charge is 1.81. The Kier molecular flexibility index (Phi) is 2.97. The number of amidine groups is 1. The number of hydrogen-bond donors (Lipinski definition) is 4. The van der Waals surface area contributed by atoms with Crippen molar-refractivity contribution in [1.29, 1.82) is 5.41 Å². The molecule has 0 saturated heterocycles. The Morgan fingerprint density at radius 2 is 1.89 bits per heavy atom. The van der Waals surface area contributed by atoms with Crippen molar-refractivity contribution in [3.8, 4) is 0 Å². The van der Waals surface area contributed by atoms with Crippen LogP contribution < -0.4 is 17.2 Å². The minimum atomic E-state index is -0.0781. The van der Waals surface area contributed by atoms with E-state index >= 15 is 0 Å². The molecule has 0 fully saturated rings. The third-order valence-electron chi connectivity index (χ3n) is 0.611. The van der Waals surface area contributed by atoms with Crippen LogP contribution in [-0.4, -0.2) is 5.84 Å². The van der Waals surface area contributed by atoms with E-state index in [0.717, 1.165) is 0 Å². The van der Waals surface area contributed by atoms with Crippen molar-refractivity contribution in [3.05, 3.63) is 24.0 Å². The van der Waals surface area contributed by atoms with Crippen molar-refractivity contribution in [1.82, 2.24) is 0 Å². The predicted molar refractivity (Wildman–Crippen MR) is 37.5 cm³/mol. The zero-order valence-corrected chi connectivity index (χ0v) is 4.96. The zero-order chi connectivity index (χ0) is 7.28. The molecule has 0 spiro atoms. The van der Waals surface area contributed by atoms with E-state index in [1.165, 1.54) is 18.4 Å². The van der Waals surface area contributed by atoms with E-state index in [9.17, 15) is 0 Å². The normalized spacial score (nSPS) is 12.2. The molecule has 0 aromatic rings. The fourth-order valence-electron chi connectivity index (χ4n) is 0.339. The average Bonchev–Trinajstić information content (AvgIpc) is 1.63. The van der Waals surface area contributed by atoms with E-state index in [-0.39, 0.29) is 5.84 Å². The molecule has 0 heterocycles. The van der Waals surface area contributed by atoms with Gasteiger partial charge in [-0.1, -0.05) is 0 Å². The van der Waals surface area contributed by atoms with E-state index < -0.39 is 0 Å². The van der Waals surface area contributed by atoms with Gasteiger partial charge in [0.2, 0.25) is 0 Å². The number of hydrogen-bond acceptors (Lipinski definition) is 3. The number of allylic oxidation sites excluding steroid dienone is 1. The van der Waals surface area contributed by atoms with Crippen LogP contribution in [0.3, 0.4) is 0 Å². The fourth-order valence-corrected chi connectivity index (χ4v) is 0.339. The van der Waals surface area contributed by atoms with Gasteiger partial charge in [0.05, 0.1) is 0 Å². The summed E-state index contributed by atoms with van der Waals surface area (Å²) in [6.07, 6.45) is 4.06. The van der Waals surface area contributed by atoms with Gasteiger partial charge in [-0.2, -0.15) is 0 Å². The molecule has 0 saturated carbocycles. The molecule has 4 heteroatoms. The summed E-state index contributed by atoms with van der Waals surface area (Å²) in [4.78, 5) is 0. The van der Waals surface area contributed by atoms with Crippen LogP contribution in [0.4, 0.5) is 0 Å². The molecule has 9 heavy (non-hydrogen) atoms. The lowest BCUT2D eigenvalue weighted by Crippen LogP contribution is -2.08. The lowest BCUT2D eigenvalue weighted by Gasteiger charge is -1.88. The highest BCUT2D eigenvalue weighted by Crippen LogP contribution is 1.82. The molecule has 0 aliphatic heterocycles. The summed E-state index contributed by atoms with van der Waals surface area (Å²) >= 11 is 0. The van der Waals surface area contributed by atoms with Gasteiger partial charge in [0, 0.05) is 11.8 Å².